The molecule has 158 valence electrons. The second-order valence-corrected chi connectivity index (χ2v) is 7.31. The highest BCUT2D eigenvalue weighted by molar-refractivity contribution is 5.93. The van der Waals surface area contributed by atoms with E-state index in [-0.39, 0.29) is 0 Å². The molecule has 0 unspecified atom stereocenters. The number of nitrogens with one attached hydrogen (secondary N) is 1. The van der Waals surface area contributed by atoms with Crippen molar-refractivity contribution in [2.75, 3.05) is 19.5 Å². The molecule has 0 atom stereocenters. The number of nitrogens with zero attached hydrogens (tertiary/aromatic N) is 4. The number of aryl methyl sites for hydroxylation is 1. The quantitative estimate of drug-likeness (QED) is 0.425. The Balaban J connectivity index is 1.94. The molecule has 0 saturated heterocycles. The van der Waals surface area contributed by atoms with Gasteiger partial charge in [-0.25, -0.2) is 4.98 Å². The molecule has 30 heavy (non-hydrogen) atoms. The van der Waals surface area contributed by atoms with Crippen LogP contribution in [-0.2, 0) is 6.42 Å². The van der Waals surface area contributed by atoms with Crippen LogP contribution in [0.1, 0.15) is 45.2 Å². The van der Waals surface area contributed by atoms with E-state index >= 15 is 0 Å². The largest absolute Gasteiger partial charge is 0.493 e. The van der Waals surface area contributed by atoms with Crippen LogP contribution in [0.5, 0.6) is 11.5 Å². The summed E-state index contributed by atoms with van der Waals surface area (Å²) in [5.74, 6) is 2.15. The molecular weight excluding hydrogens is 378 g/mol. The molecule has 0 fully saturated rings. The van der Waals surface area contributed by atoms with Gasteiger partial charge >= 0.3 is 0 Å². The lowest BCUT2D eigenvalue weighted by Crippen LogP contribution is -2.10. The van der Waals surface area contributed by atoms with Crippen molar-refractivity contribution >= 4 is 28.2 Å². The summed E-state index contributed by atoms with van der Waals surface area (Å²) in [6.07, 6.45) is 6.89. The number of methoxy groups -OCH3 is 2. The first-order valence-corrected chi connectivity index (χ1v) is 10.5. The van der Waals surface area contributed by atoms with Crippen LogP contribution in [0.2, 0.25) is 0 Å². The summed E-state index contributed by atoms with van der Waals surface area (Å²) >= 11 is 0. The number of anilines is 2. The molecular formula is C23H29N5O2. The number of hydrogen-bond donors (Lipinski definition) is 1. The van der Waals surface area contributed by atoms with Crippen LogP contribution in [0.25, 0.3) is 16.7 Å². The monoisotopic (exact) mass is 407 g/mol. The van der Waals surface area contributed by atoms with Crippen molar-refractivity contribution in [1.29, 1.82) is 0 Å². The van der Waals surface area contributed by atoms with Crippen LogP contribution in [0, 0.1) is 0 Å². The van der Waals surface area contributed by atoms with Crippen LogP contribution in [0.3, 0.4) is 0 Å². The molecule has 0 radical (unpaired) electrons. The SMILES string of the molecule is CCc1ccc(OC)c(OC)c1Nc1nc2ccnn2c2c1ccn2C(CC)CC. The fraction of sp³-hybridized carbons (Fsp3) is 0.391. The van der Waals surface area contributed by atoms with Crippen molar-refractivity contribution in [2.45, 2.75) is 46.1 Å². The van der Waals surface area contributed by atoms with Gasteiger partial charge in [0.15, 0.2) is 17.1 Å². The Labute approximate surface area is 176 Å². The summed E-state index contributed by atoms with van der Waals surface area (Å²) in [7, 11) is 3.31. The molecule has 0 bridgehead atoms. The van der Waals surface area contributed by atoms with Gasteiger partial charge in [0.2, 0.25) is 0 Å². The third-order valence-corrected chi connectivity index (χ3v) is 5.78. The molecule has 0 aliphatic heterocycles. The standard InChI is InChI=1S/C23H29N5O2/c1-6-15-9-10-18(29-4)21(30-5)20(15)26-22-17-12-14-27(16(7-2)8-3)23(17)28-19(25-22)11-13-24-28/h9-14,16H,6-8H2,1-5H3,(H,25,26). The lowest BCUT2D eigenvalue weighted by atomic mass is 10.1. The molecule has 4 aromatic rings. The first kappa shape index (κ1) is 20.1. The summed E-state index contributed by atoms with van der Waals surface area (Å²) in [4.78, 5) is 4.87. The zero-order chi connectivity index (χ0) is 21.3. The van der Waals surface area contributed by atoms with Gasteiger partial charge in [-0.05, 0) is 37.0 Å². The predicted octanol–water partition coefficient (Wildman–Crippen LogP) is 5.37. The van der Waals surface area contributed by atoms with Gasteiger partial charge in [0.25, 0.3) is 0 Å². The van der Waals surface area contributed by atoms with Gasteiger partial charge in [0, 0.05) is 18.3 Å². The van der Waals surface area contributed by atoms with E-state index in [2.05, 4.69) is 54.1 Å². The topological polar surface area (TPSA) is 65.6 Å². The minimum atomic E-state index is 0.405. The van der Waals surface area contributed by atoms with E-state index in [1.807, 2.05) is 16.6 Å². The van der Waals surface area contributed by atoms with Gasteiger partial charge in [0.05, 0.1) is 31.5 Å². The lowest BCUT2D eigenvalue weighted by Gasteiger charge is -2.19. The molecule has 1 N–H and O–H groups in total. The molecule has 3 aromatic heterocycles. The Morgan fingerprint density at radius 3 is 2.50 bits per heavy atom. The third-order valence-electron chi connectivity index (χ3n) is 5.78. The van der Waals surface area contributed by atoms with Crippen molar-refractivity contribution in [3.05, 3.63) is 42.2 Å². The fourth-order valence-electron chi connectivity index (χ4n) is 4.16. The average Bonchev–Trinajstić information content (AvgIpc) is 3.41. The van der Waals surface area contributed by atoms with Crippen LogP contribution in [0.15, 0.2) is 36.7 Å². The van der Waals surface area contributed by atoms with Crippen LogP contribution in [0.4, 0.5) is 11.5 Å². The zero-order valence-corrected chi connectivity index (χ0v) is 18.3. The molecule has 0 spiro atoms. The van der Waals surface area contributed by atoms with Gasteiger partial charge in [0.1, 0.15) is 11.5 Å². The maximum atomic E-state index is 5.71. The minimum absolute atomic E-state index is 0.405. The number of rotatable bonds is 8. The van der Waals surface area contributed by atoms with E-state index in [4.69, 9.17) is 14.5 Å². The maximum absolute atomic E-state index is 5.71. The van der Waals surface area contributed by atoms with E-state index in [0.29, 0.717) is 17.5 Å². The molecule has 0 saturated carbocycles. The summed E-state index contributed by atoms with van der Waals surface area (Å²) in [6.45, 7) is 6.56. The first-order valence-electron chi connectivity index (χ1n) is 10.5. The van der Waals surface area contributed by atoms with Crippen molar-refractivity contribution in [1.82, 2.24) is 19.2 Å². The highest BCUT2D eigenvalue weighted by Crippen LogP contribution is 2.41. The Hall–Kier alpha value is -3.22. The second kappa shape index (κ2) is 8.26. The molecule has 0 aliphatic carbocycles. The number of ether oxygens (including phenoxy) is 2. The van der Waals surface area contributed by atoms with Gasteiger partial charge in [-0.1, -0.05) is 26.8 Å². The average molecular weight is 408 g/mol. The molecule has 0 amide bonds. The summed E-state index contributed by atoms with van der Waals surface area (Å²) in [5, 5.41) is 9.11. The highest BCUT2D eigenvalue weighted by Gasteiger charge is 2.20. The van der Waals surface area contributed by atoms with Crippen molar-refractivity contribution in [2.24, 2.45) is 0 Å². The van der Waals surface area contributed by atoms with E-state index < -0.39 is 0 Å². The van der Waals surface area contributed by atoms with E-state index in [1.54, 1.807) is 20.4 Å². The van der Waals surface area contributed by atoms with Gasteiger partial charge in [-0.3, -0.25) is 0 Å². The van der Waals surface area contributed by atoms with Gasteiger partial charge < -0.3 is 19.4 Å². The molecule has 7 heteroatoms. The molecule has 7 nitrogen and oxygen atoms in total. The summed E-state index contributed by atoms with van der Waals surface area (Å²) in [6, 6.07) is 8.45. The number of benzene rings is 1. The minimum Gasteiger partial charge on any atom is -0.493 e. The van der Waals surface area contributed by atoms with Gasteiger partial charge in [-0.15, -0.1) is 0 Å². The maximum Gasteiger partial charge on any atom is 0.184 e. The molecule has 1 aromatic carbocycles. The Morgan fingerprint density at radius 1 is 1.03 bits per heavy atom. The molecule has 4 rings (SSSR count). The van der Waals surface area contributed by atoms with E-state index in [1.165, 1.54) is 0 Å². The third kappa shape index (κ3) is 3.14. The van der Waals surface area contributed by atoms with Crippen molar-refractivity contribution < 1.29 is 9.47 Å². The van der Waals surface area contributed by atoms with Crippen LogP contribution in [-0.4, -0.2) is 33.4 Å². The predicted molar refractivity (Wildman–Crippen MR) is 120 cm³/mol. The Bertz CT molecular complexity index is 1170. The smallest absolute Gasteiger partial charge is 0.184 e. The normalized spacial score (nSPS) is 11.5. The fourth-order valence-corrected chi connectivity index (χ4v) is 4.16. The Morgan fingerprint density at radius 2 is 1.83 bits per heavy atom. The first-order chi connectivity index (χ1) is 14.7. The summed E-state index contributed by atoms with van der Waals surface area (Å²) in [5.41, 5.74) is 3.86. The number of fused-ring (bicyclic) bond motifs is 3. The van der Waals surface area contributed by atoms with E-state index in [0.717, 1.165) is 53.0 Å². The molecule has 0 aliphatic rings. The summed E-state index contributed by atoms with van der Waals surface area (Å²) < 4.78 is 15.5. The Kier molecular flexibility index (Phi) is 5.53. The molecule has 3 heterocycles. The lowest BCUT2D eigenvalue weighted by molar-refractivity contribution is 0.356. The van der Waals surface area contributed by atoms with Crippen LogP contribution < -0.4 is 14.8 Å². The van der Waals surface area contributed by atoms with Crippen LogP contribution >= 0.6 is 0 Å². The number of aromatic nitrogens is 4. The zero-order valence-electron chi connectivity index (χ0n) is 18.3. The second-order valence-electron chi connectivity index (χ2n) is 7.31. The van der Waals surface area contributed by atoms with E-state index in [9.17, 15) is 0 Å². The van der Waals surface area contributed by atoms with Gasteiger partial charge in [-0.2, -0.15) is 9.61 Å². The highest BCUT2D eigenvalue weighted by atomic mass is 16.5. The van der Waals surface area contributed by atoms with Crippen molar-refractivity contribution in [3.8, 4) is 11.5 Å². The van der Waals surface area contributed by atoms with Crippen molar-refractivity contribution in [3.63, 3.8) is 0 Å². The number of hydrogen-bond acceptors (Lipinski definition) is 5.